The van der Waals surface area contributed by atoms with Gasteiger partial charge < -0.3 is 9.80 Å². The number of amides is 1. The Morgan fingerprint density at radius 2 is 2.05 bits per heavy atom. The molecule has 110 valence electrons. The van der Waals surface area contributed by atoms with Crippen molar-refractivity contribution in [2.45, 2.75) is 13.3 Å². The van der Waals surface area contributed by atoms with E-state index < -0.39 is 0 Å². The van der Waals surface area contributed by atoms with Crippen LogP contribution in [0.2, 0.25) is 0 Å². The van der Waals surface area contributed by atoms with Gasteiger partial charge in [0.15, 0.2) is 5.82 Å². The predicted octanol–water partition coefficient (Wildman–Crippen LogP) is 1.16. The molecule has 1 amide bonds. The van der Waals surface area contributed by atoms with Crippen LogP contribution in [0.25, 0.3) is 0 Å². The molecule has 0 N–H and O–H groups in total. The lowest BCUT2D eigenvalue weighted by Gasteiger charge is -2.22. The predicted molar refractivity (Wildman–Crippen MR) is 78.2 cm³/mol. The van der Waals surface area contributed by atoms with Gasteiger partial charge in [-0.2, -0.15) is 5.10 Å². The molecule has 1 aliphatic heterocycles. The van der Waals surface area contributed by atoms with Gasteiger partial charge in [-0.05, 0) is 25.5 Å². The highest BCUT2D eigenvalue weighted by Crippen LogP contribution is 2.13. The van der Waals surface area contributed by atoms with Crippen molar-refractivity contribution in [2.75, 3.05) is 31.1 Å². The van der Waals surface area contributed by atoms with Crippen LogP contribution in [0.15, 0.2) is 30.9 Å². The Labute approximate surface area is 123 Å². The Balaban J connectivity index is 1.66. The topological polar surface area (TPSA) is 67.2 Å². The molecule has 1 fully saturated rings. The zero-order chi connectivity index (χ0) is 14.7. The number of nitrogens with zero attached hydrogens (tertiary/aromatic N) is 6. The van der Waals surface area contributed by atoms with E-state index in [0.717, 1.165) is 37.6 Å². The molecule has 0 saturated carbocycles. The average molecular weight is 286 g/mol. The molecule has 7 nitrogen and oxygen atoms in total. The standard InChI is InChI=1S/C14H18N6O/c1-12-3-4-13(17-16-12)18-6-2-7-19(10-9-18)14(21)20-8-5-15-11-20/h3-5,8,11H,2,6-7,9-10H2,1H3. The second kappa shape index (κ2) is 5.90. The Morgan fingerprint density at radius 3 is 2.76 bits per heavy atom. The maximum Gasteiger partial charge on any atom is 0.329 e. The maximum absolute atomic E-state index is 12.3. The highest BCUT2D eigenvalue weighted by Gasteiger charge is 2.20. The molecule has 1 aliphatic rings. The Kier molecular flexibility index (Phi) is 3.81. The van der Waals surface area contributed by atoms with E-state index in [0.29, 0.717) is 6.54 Å². The van der Waals surface area contributed by atoms with E-state index in [4.69, 9.17) is 0 Å². The molecule has 1 saturated heterocycles. The summed E-state index contributed by atoms with van der Waals surface area (Å²) in [6.07, 6.45) is 5.74. The van der Waals surface area contributed by atoms with Crippen LogP contribution in [-0.2, 0) is 0 Å². The zero-order valence-corrected chi connectivity index (χ0v) is 12.0. The lowest BCUT2D eigenvalue weighted by atomic mass is 10.3. The summed E-state index contributed by atoms with van der Waals surface area (Å²) in [6, 6.07) is 3.92. The second-order valence-corrected chi connectivity index (χ2v) is 5.11. The zero-order valence-electron chi connectivity index (χ0n) is 12.0. The molecule has 2 aromatic heterocycles. The molecular weight excluding hydrogens is 268 g/mol. The molecule has 7 heteroatoms. The van der Waals surface area contributed by atoms with Gasteiger partial charge in [-0.25, -0.2) is 9.78 Å². The second-order valence-electron chi connectivity index (χ2n) is 5.11. The van der Waals surface area contributed by atoms with Crippen molar-refractivity contribution in [3.63, 3.8) is 0 Å². The number of carbonyl (C=O) groups excluding carboxylic acids is 1. The number of aromatic nitrogens is 4. The van der Waals surface area contributed by atoms with Crippen molar-refractivity contribution >= 4 is 11.8 Å². The normalized spacial score (nSPS) is 15.9. The summed E-state index contributed by atoms with van der Waals surface area (Å²) in [7, 11) is 0. The number of rotatable bonds is 1. The summed E-state index contributed by atoms with van der Waals surface area (Å²) < 4.78 is 1.52. The van der Waals surface area contributed by atoms with Crippen LogP contribution in [0.3, 0.4) is 0 Å². The monoisotopic (exact) mass is 286 g/mol. The van der Waals surface area contributed by atoms with Crippen LogP contribution in [0.5, 0.6) is 0 Å². The first-order valence-electron chi connectivity index (χ1n) is 7.06. The lowest BCUT2D eigenvalue weighted by molar-refractivity contribution is 0.203. The van der Waals surface area contributed by atoms with Crippen molar-refractivity contribution in [1.82, 2.24) is 24.6 Å². The van der Waals surface area contributed by atoms with Gasteiger partial charge in [0.25, 0.3) is 0 Å². The van der Waals surface area contributed by atoms with E-state index in [1.165, 1.54) is 10.9 Å². The molecule has 3 heterocycles. The van der Waals surface area contributed by atoms with Crippen LogP contribution in [-0.4, -0.2) is 56.9 Å². The first-order chi connectivity index (χ1) is 10.2. The number of carbonyl (C=O) groups is 1. The van der Waals surface area contributed by atoms with Gasteiger partial charge in [0, 0.05) is 38.6 Å². The van der Waals surface area contributed by atoms with E-state index in [1.54, 1.807) is 12.4 Å². The number of anilines is 1. The Hall–Kier alpha value is -2.44. The van der Waals surface area contributed by atoms with Crippen LogP contribution in [0, 0.1) is 6.92 Å². The highest BCUT2D eigenvalue weighted by atomic mass is 16.2. The minimum atomic E-state index is -0.0238. The average Bonchev–Trinajstić information content (AvgIpc) is 2.92. The van der Waals surface area contributed by atoms with Gasteiger partial charge >= 0.3 is 6.03 Å². The van der Waals surface area contributed by atoms with Gasteiger partial charge in [-0.3, -0.25) is 4.57 Å². The molecule has 0 aromatic carbocycles. The largest absolute Gasteiger partial charge is 0.353 e. The molecule has 0 atom stereocenters. The molecule has 0 aliphatic carbocycles. The summed E-state index contributed by atoms with van der Waals surface area (Å²) >= 11 is 0. The summed E-state index contributed by atoms with van der Waals surface area (Å²) in [5, 5.41) is 8.32. The number of aryl methyl sites for hydroxylation is 1. The minimum Gasteiger partial charge on any atom is -0.353 e. The number of hydrogen-bond donors (Lipinski definition) is 0. The quantitative estimate of drug-likeness (QED) is 0.787. The molecular formula is C14H18N6O. The van der Waals surface area contributed by atoms with Crippen LogP contribution < -0.4 is 4.90 Å². The van der Waals surface area contributed by atoms with Gasteiger partial charge in [-0.1, -0.05) is 0 Å². The Bertz CT molecular complexity index is 594. The fourth-order valence-electron chi connectivity index (χ4n) is 2.43. The van der Waals surface area contributed by atoms with Crippen molar-refractivity contribution in [3.8, 4) is 0 Å². The smallest absolute Gasteiger partial charge is 0.329 e. The Morgan fingerprint density at radius 1 is 1.14 bits per heavy atom. The van der Waals surface area contributed by atoms with Gasteiger partial charge in [-0.15, -0.1) is 5.10 Å². The molecule has 0 bridgehead atoms. The summed E-state index contributed by atoms with van der Waals surface area (Å²) in [5.74, 6) is 0.873. The lowest BCUT2D eigenvalue weighted by Crippen LogP contribution is -2.37. The van der Waals surface area contributed by atoms with Crippen molar-refractivity contribution in [1.29, 1.82) is 0 Å². The fourth-order valence-corrected chi connectivity index (χ4v) is 2.43. The first-order valence-corrected chi connectivity index (χ1v) is 7.06. The van der Waals surface area contributed by atoms with Crippen LogP contribution in [0.4, 0.5) is 10.6 Å². The van der Waals surface area contributed by atoms with E-state index in [2.05, 4.69) is 20.1 Å². The van der Waals surface area contributed by atoms with Crippen molar-refractivity contribution in [2.24, 2.45) is 0 Å². The van der Waals surface area contributed by atoms with Gasteiger partial charge in [0.2, 0.25) is 0 Å². The van der Waals surface area contributed by atoms with Crippen LogP contribution in [0.1, 0.15) is 12.1 Å². The third kappa shape index (κ3) is 3.01. The first kappa shape index (κ1) is 13.5. The fraction of sp³-hybridized carbons (Fsp3) is 0.429. The number of hydrogen-bond acceptors (Lipinski definition) is 5. The summed E-state index contributed by atoms with van der Waals surface area (Å²) in [6.45, 7) is 4.98. The highest BCUT2D eigenvalue weighted by molar-refractivity contribution is 5.76. The molecule has 0 unspecified atom stereocenters. The SMILES string of the molecule is Cc1ccc(N2CCCN(C(=O)n3ccnc3)CC2)nn1. The molecule has 21 heavy (non-hydrogen) atoms. The summed E-state index contributed by atoms with van der Waals surface area (Å²) in [5.41, 5.74) is 0.908. The maximum atomic E-state index is 12.3. The van der Waals surface area contributed by atoms with Crippen molar-refractivity contribution in [3.05, 3.63) is 36.5 Å². The van der Waals surface area contributed by atoms with E-state index >= 15 is 0 Å². The molecule has 0 radical (unpaired) electrons. The van der Waals surface area contributed by atoms with Crippen LogP contribution >= 0.6 is 0 Å². The number of imidazole rings is 1. The van der Waals surface area contributed by atoms with Crippen molar-refractivity contribution < 1.29 is 4.79 Å². The third-order valence-electron chi connectivity index (χ3n) is 3.60. The van der Waals surface area contributed by atoms with E-state index in [-0.39, 0.29) is 6.03 Å². The van der Waals surface area contributed by atoms with Gasteiger partial charge in [0.05, 0.1) is 5.69 Å². The minimum absolute atomic E-state index is 0.0238. The van der Waals surface area contributed by atoms with E-state index in [9.17, 15) is 4.79 Å². The van der Waals surface area contributed by atoms with E-state index in [1.807, 2.05) is 24.0 Å². The third-order valence-corrected chi connectivity index (χ3v) is 3.60. The van der Waals surface area contributed by atoms with Gasteiger partial charge in [0.1, 0.15) is 6.33 Å². The molecule has 2 aromatic rings. The molecule has 0 spiro atoms. The molecule has 3 rings (SSSR count). The summed E-state index contributed by atoms with van der Waals surface area (Å²) in [4.78, 5) is 20.2.